The topological polar surface area (TPSA) is 68.5 Å². The van der Waals surface area contributed by atoms with Crippen molar-refractivity contribution in [3.05, 3.63) is 16.1 Å². The van der Waals surface area contributed by atoms with Gasteiger partial charge in [-0.15, -0.1) is 11.3 Å². The molecule has 0 radical (unpaired) electrons. The van der Waals surface area contributed by atoms with Crippen molar-refractivity contribution in [1.82, 2.24) is 25.2 Å². The van der Waals surface area contributed by atoms with Gasteiger partial charge in [0.25, 0.3) is 0 Å². The molecule has 7 heteroatoms. The number of anilines is 1. The first kappa shape index (κ1) is 9.07. The maximum absolute atomic E-state index is 4.35. The van der Waals surface area contributed by atoms with Gasteiger partial charge >= 0.3 is 0 Å². The number of fused-ring (bicyclic) bond motifs is 1. The molecule has 1 atom stereocenters. The average Bonchev–Trinajstić information content (AvgIpc) is 2.61. The summed E-state index contributed by atoms with van der Waals surface area (Å²) in [4.78, 5) is 4.35. The normalized spacial score (nSPS) is 17.6. The molecule has 3 heterocycles. The lowest BCUT2D eigenvalue weighted by Crippen LogP contribution is -2.32. The van der Waals surface area contributed by atoms with E-state index in [-0.39, 0.29) is 13.6 Å². The number of tetrazole rings is 1. The summed E-state index contributed by atoms with van der Waals surface area (Å²) in [6.45, 7) is 1.97. The third-order valence-corrected chi connectivity index (χ3v) is 2.89. The summed E-state index contributed by atoms with van der Waals surface area (Å²) in [6, 6.07) is 0. The van der Waals surface area contributed by atoms with E-state index >= 15 is 0 Å². The van der Waals surface area contributed by atoms with Gasteiger partial charge in [0.2, 0.25) is 5.95 Å². The van der Waals surface area contributed by atoms with Crippen molar-refractivity contribution < 1.29 is 0 Å². The Kier molecular flexibility index (Phi) is 1.95. The molecule has 1 aliphatic rings. The number of aryl methyl sites for hydroxylation is 1. The van der Waals surface area contributed by atoms with E-state index in [1.54, 1.807) is 16.0 Å². The Morgan fingerprint density at radius 2 is 2.43 bits per heavy atom. The van der Waals surface area contributed by atoms with E-state index in [2.05, 4.69) is 25.8 Å². The second kappa shape index (κ2) is 3.02. The standard InChI is InChI=1S/C6H6N6S.CH4/c1-3-2-13-5(7-3)4-8-6-9-10-11-12(4)6;/h2,4H,1H3,(H,8,9,11);1H4. The summed E-state index contributed by atoms with van der Waals surface area (Å²) in [5.74, 6) is 0.706. The predicted octanol–water partition coefficient (Wildman–Crippen LogP) is 1.05. The van der Waals surface area contributed by atoms with Crippen molar-refractivity contribution in [2.75, 3.05) is 5.32 Å². The van der Waals surface area contributed by atoms with Gasteiger partial charge in [-0.05, 0) is 17.4 Å². The van der Waals surface area contributed by atoms with E-state index in [0.29, 0.717) is 5.95 Å². The van der Waals surface area contributed by atoms with E-state index in [0.717, 1.165) is 10.7 Å². The van der Waals surface area contributed by atoms with Crippen molar-refractivity contribution in [3.63, 3.8) is 0 Å². The zero-order valence-electron chi connectivity index (χ0n) is 6.80. The monoisotopic (exact) mass is 210 g/mol. The Labute approximate surface area is 85.0 Å². The summed E-state index contributed by atoms with van der Waals surface area (Å²) in [7, 11) is 0. The maximum atomic E-state index is 4.35. The summed E-state index contributed by atoms with van der Waals surface area (Å²) in [5.41, 5.74) is 1.03. The van der Waals surface area contributed by atoms with Gasteiger partial charge in [-0.2, -0.15) is 4.68 Å². The van der Waals surface area contributed by atoms with Crippen LogP contribution in [0, 0.1) is 6.92 Å². The van der Waals surface area contributed by atoms with Crippen LogP contribution < -0.4 is 5.32 Å². The van der Waals surface area contributed by atoms with Crippen LogP contribution in [0.1, 0.15) is 24.3 Å². The predicted molar refractivity (Wildman–Crippen MR) is 53.2 cm³/mol. The lowest BCUT2D eigenvalue weighted by atomic mass is 10.4. The first-order valence-electron chi connectivity index (χ1n) is 3.81. The highest BCUT2D eigenvalue weighted by Crippen LogP contribution is 2.30. The Bertz CT molecular complexity index is 446. The molecule has 2 aromatic rings. The summed E-state index contributed by atoms with van der Waals surface area (Å²) >= 11 is 1.61. The quantitative estimate of drug-likeness (QED) is 0.761. The number of nitrogens with one attached hydrogen (secondary N) is 1. The molecule has 0 spiro atoms. The number of aromatic nitrogens is 5. The minimum absolute atomic E-state index is 0. The van der Waals surface area contributed by atoms with Gasteiger partial charge in [0.1, 0.15) is 5.01 Å². The molecule has 0 saturated carbocycles. The van der Waals surface area contributed by atoms with Crippen molar-refractivity contribution in [1.29, 1.82) is 0 Å². The van der Waals surface area contributed by atoms with Crippen molar-refractivity contribution in [2.24, 2.45) is 0 Å². The van der Waals surface area contributed by atoms with Gasteiger partial charge < -0.3 is 5.32 Å². The second-order valence-electron chi connectivity index (χ2n) is 2.82. The Hall–Kier alpha value is -1.50. The molecular weight excluding hydrogens is 200 g/mol. The Morgan fingerprint density at radius 3 is 3.07 bits per heavy atom. The van der Waals surface area contributed by atoms with Gasteiger partial charge in [0.15, 0.2) is 6.17 Å². The molecule has 0 saturated heterocycles. The van der Waals surface area contributed by atoms with Crippen molar-refractivity contribution >= 4 is 17.3 Å². The zero-order chi connectivity index (χ0) is 8.84. The van der Waals surface area contributed by atoms with Crippen molar-refractivity contribution in [3.8, 4) is 0 Å². The molecule has 6 nitrogen and oxygen atoms in total. The maximum Gasteiger partial charge on any atom is 0.247 e. The van der Waals surface area contributed by atoms with Crippen LogP contribution in [0.5, 0.6) is 0 Å². The Morgan fingerprint density at radius 1 is 1.57 bits per heavy atom. The number of hydrogen-bond donors (Lipinski definition) is 1. The van der Waals surface area contributed by atoms with Gasteiger partial charge in [0, 0.05) is 11.1 Å². The van der Waals surface area contributed by atoms with Crippen LogP contribution in [0.3, 0.4) is 0 Å². The number of hydrogen-bond acceptors (Lipinski definition) is 6. The molecule has 0 aromatic carbocycles. The molecule has 0 fully saturated rings. The van der Waals surface area contributed by atoms with E-state index in [9.17, 15) is 0 Å². The molecule has 0 amide bonds. The first-order chi connectivity index (χ1) is 6.34. The molecule has 1 N–H and O–H groups in total. The molecule has 1 aliphatic heterocycles. The van der Waals surface area contributed by atoms with Gasteiger partial charge in [-0.3, -0.25) is 0 Å². The summed E-state index contributed by atoms with van der Waals surface area (Å²) < 4.78 is 1.72. The van der Waals surface area contributed by atoms with Crippen LogP contribution in [0.25, 0.3) is 0 Å². The lowest BCUT2D eigenvalue weighted by Gasteiger charge is -2.25. The third-order valence-electron chi connectivity index (χ3n) is 1.87. The lowest BCUT2D eigenvalue weighted by molar-refractivity contribution is 0.495. The number of thiazole rings is 1. The minimum atomic E-state index is 0. The summed E-state index contributed by atoms with van der Waals surface area (Å²) in [6.07, 6.45) is 0.0312. The fraction of sp³-hybridized carbons (Fsp3) is 0.429. The molecule has 3 rings (SSSR count). The van der Waals surface area contributed by atoms with Crippen molar-refractivity contribution in [2.45, 2.75) is 20.5 Å². The van der Waals surface area contributed by atoms with Crippen LogP contribution in [0.15, 0.2) is 5.38 Å². The molecule has 1 unspecified atom stereocenters. The van der Waals surface area contributed by atoms with Crippen LogP contribution in [-0.4, -0.2) is 25.2 Å². The van der Waals surface area contributed by atoms with Gasteiger partial charge in [0.05, 0.1) is 0 Å². The van der Waals surface area contributed by atoms with Crippen LogP contribution in [0.4, 0.5) is 5.95 Å². The molecule has 0 aliphatic carbocycles. The number of rotatable bonds is 1. The molecular formula is C7H10N6S. The van der Waals surface area contributed by atoms with Crippen LogP contribution >= 0.6 is 11.3 Å². The zero-order valence-corrected chi connectivity index (χ0v) is 7.62. The van der Waals surface area contributed by atoms with E-state index < -0.39 is 0 Å². The van der Waals surface area contributed by atoms with Crippen LogP contribution in [0.2, 0.25) is 0 Å². The van der Waals surface area contributed by atoms with Gasteiger partial charge in [-0.25, -0.2) is 4.98 Å². The van der Waals surface area contributed by atoms with E-state index in [4.69, 9.17) is 0 Å². The average molecular weight is 210 g/mol. The molecule has 2 aromatic heterocycles. The van der Waals surface area contributed by atoms with E-state index in [1.807, 2.05) is 12.3 Å². The summed E-state index contributed by atoms with van der Waals surface area (Å²) in [5, 5.41) is 17.2. The van der Waals surface area contributed by atoms with Crippen LogP contribution in [-0.2, 0) is 0 Å². The SMILES string of the molecule is C.Cc1csc(C2Nc3nnnn32)n1. The largest absolute Gasteiger partial charge is 0.325 e. The second-order valence-corrected chi connectivity index (χ2v) is 3.71. The van der Waals surface area contributed by atoms with E-state index in [1.165, 1.54) is 0 Å². The fourth-order valence-electron chi connectivity index (χ4n) is 1.24. The highest BCUT2D eigenvalue weighted by atomic mass is 32.1. The third kappa shape index (κ3) is 1.09. The highest BCUT2D eigenvalue weighted by molar-refractivity contribution is 7.09. The Balaban J connectivity index is 0.000000750. The fourth-order valence-corrected chi connectivity index (χ4v) is 2.07. The van der Waals surface area contributed by atoms with Gasteiger partial charge in [-0.1, -0.05) is 12.5 Å². The molecule has 0 bridgehead atoms. The molecule has 74 valence electrons. The highest BCUT2D eigenvalue weighted by Gasteiger charge is 2.31. The minimum Gasteiger partial charge on any atom is -0.325 e. The molecule has 14 heavy (non-hydrogen) atoms. The first-order valence-corrected chi connectivity index (χ1v) is 4.69. The smallest absolute Gasteiger partial charge is 0.247 e. The number of nitrogens with zero attached hydrogens (tertiary/aromatic N) is 5.